The van der Waals surface area contributed by atoms with Gasteiger partial charge in [0.2, 0.25) is 0 Å². The first-order valence-corrected chi connectivity index (χ1v) is 6.97. The fourth-order valence-corrected chi connectivity index (χ4v) is 3.97. The topological polar surface area (TPSA) is 12.0 Å². The van der Waals surface area contributed by atoms with E-state index in [1.807, 2.05) is 0 Å². The molecule has 0 atom stereocenters. The van der Waals surface area contributed by atoms with Crippen molar-refractivity contribution in [2.75, 3.05) is 6.54 Å². The molecule has 1 aliphatic rings. The number of alkyl halides is 2. The molecule has 0 bridgehead atoms. The quantitative estimate of drug-likeness (QED) is 0.869. The van der Waals surface area contributed by atoms with Gasteiger partial charge in [-0.25, -0.2) is 8.78 Å². The zero-order valence-corrected chi connectivity index (χ0v) is 11.2. The summed E-state index contributed by atoms with van der Waals surface area (Å²) < 4.78 is 24.2. The largest absolute Gasteiger partial charge is 0.307 e. The second-order valence-corrected chi connectivity index (χ2v) is 6.28. The molecule has 4 heteroatoms. The summed E-state index contributed by atoms with van der Waals surface area (Å²) in [7, 11) is 0. The molecular formula is C13H19F2NS. The van der Waals surface area contributed by atoms with Gasteiger partial charge in [-0.05, 0) is 41.2 Å². The Morgan fingerprint density at radius 3 is 2.94 bits per heavy atom. The highest BCUT2D eigenvalue weighted by atomic mass is 32.1. The van der Waals surface area contributed by atoms with E-state index in [2.05, 4.69) is 24.5 Å². The summed E-state index contributed by atoms with van der Waals surface area (Å²) in [6.45, 7) is 4.87. The fourth-order valence-electron chi connectivity index (χ4n) is 2.70. The molecule has 0 radical (unpaired) electrons. The minimum absolute atomic E-state index is 0.204. The maximum Gasteiger partial charge on any atom is 0.250 e. The molecule has 17 heavy (non-hydrogen) atoms. The zero-order chi connectivity index (χ0) is 12.5. The second-order valence-electron chi connectivity index (χ2n) is 5.32. The molecule has 96 valence electrons. The van der Waals surface area contributed by atoms with Crippen molar-refractivity contribution in [3.05, 3.63) is 21.4 Å². The Labute approximate surface area is 105 Å². The SMILES string of the molecule is CC1(C)CCCc2scc(CNCC(F)F)c21. The predicted octanol–water partition coefficient (Wildman–Crippen LogP) is 3.72. The van der Waals surface area contributed by atoms with Crippen LogP contribution in [0.25, 0.3) is 0 Å². The van der Waals surface area contributed by atoms with E-state index in [-0.39, 0.29) is 12.0 Å². The van der Waals surface area contributed by atoms with Crippen molar-refractivity contribution in [1.29, 1.82) is 0 Å². The summed E-state index contributed by atoms with van der Waals surface area (Å²) in [6.07, 6.45) is 1.32. The third-order valence-electron chi connectivity index (χ3n) is 3.44. The summed E-state index contributed by atoms with van der Waals surface area (Å²) in [5, 5.41) is 4.97. The van der Waals surface area contributed by atoms with Crippen LogP contribution in [-0.4, -0.2) is 13.0 Å². The summed E-state index contributed by atoms with van der Waals surface area (Å²) in [6, 6.07) is 0. The Kier molecular flexibility index (Phi) is 3.83. The van der Waals surface area contributed by atoms with Crippen LogP contribution in [0.3, 0.4) is 0 Å². The van der Waals surface area contributed by atoms with Crippen LogP contribution in [0.2, 0.25) is 0 Å². The summed E-state index contributed by atoms with van der Waals surface area (Å²) >= 11 is 1.79. The van der Waals surface area contributed by atoms with E-state index in [9.17, 15) is 8.78 Å². The van der Waals surface area contributed by atoms with Gasteiger partial charge in [-0.15, -0.1) is 11.3 Å². The number of hydrogen-bond donors (Lipinski definition) is 1. The molecule has 1 heterocycles. The van der Waals surface area contributed by atoms with Gasteiger partial charge in [0.25, 0.3) is 6.43 Å². The average molecular weight is 259 g/mol. The van der Waals surface area contributed by atoms with Gasteiger partial charge in [-0.2, -0.15) is 0 Å². The van der Waals surface area contributed by atoms with Crippen LogP contribution < -0.4 is 5.32 Å². The first-order chi connectivity index (χ1) is 8.00. The Hall–Kier alpha value is -0.480. The first kappa shape index (κ1) is 13.0. The van der Waals surface area contributed by atoms with Crippen molar-refractivity contribution in [2.24, 2.45) is 0 Å². The van der Waals surface area contributed by atoms with Crippen molar-refractivity contribution in [3.8, 4) is 0 Å². The molecule has 1 N–H and O–H groups in total. The number of hydrogen-bond acceptors (Lipinski definition) is 2. The van der Waals surface area contributed by atoms with E-state index in [0.717, 1.165) is 6.42 Å². The van der Waals surface area contributed by atoms with Crippen molar-refractivity contribution in [3.63, 3.8) is 0 Å². The smallest absolute Gasteiger partial charge is 0.250 e. The van der Waals surface area contributed by atoms with E-state index < -0.39 is 6.43 Å². The molecular weight excluding hydrogens is 240 g/mol. The van der Waals surface area contributed by atoms with Gasteiger partial charge in [-0.3, -0.25) is 0 Å². The van der Waals surface area contributed by atoms with Crippen molar-refractivity contribution in [1.82, 2.24) is 5.32 Å². The average Bonchev–Trinajstić information content (AvgIpc) is 2.62. The highest BCUT2D eigenvalue weighted by molar-refractivity contribution is 7.10. The Morgan fingerprint density at radius 1 is 1.47 bits per heavy atom. The third-order valence-corrected chi connectivity index (χ3v) is 4.54. The van der Waals surface area contributed by atoms with Crippen LogP contribution in [0.1, 0.15) is 42.7 Å². The number of fused-ring (bicyclic) bond motifs is 1. The van der Waals surface area contributed by atoms with Gasteiger partial charge >= 0.3 is 0 Å². The maximum atomic E-state index is 12.1. The Morgan fingerprint density at radius 2 is 2.24 bits per heavy atom. The van der Waals surface area contributed by atoms with Crippen LogP contribution in [-0.2, 0) is 18.4 Å². The van der Waals surface area contributed by atoms with Crippen molar-refractivity contribution >= 4 is 11.3 Å². The lowest BCUT2D eigenvalue weighted by atomic mass is 9.74. The molecule has 1 aromatic rings. The standard InChI is InChI=1S/C13H19F2NS/c1-13(2)5-3-4-10-12(13)9(8-17-10)6-16-7-11(14)15/h8,11,16H,3-7H2,1-2H3. The Balaban J connectivity index is 2.11. The van der Waals surface area contributed by atoms with Gasteiger partial charge in [0, 0.05) is 11.4 Å². The van der Waals surface area contributed by atoms with Gasteiger partial charge in [0.15, 0.2) is 0 Å². The lowest BCUT2D eigenvalue weighted by Crippen LogP contribution is -2.26. The van der Waals surface area contributed by atoms with Gasteiger partial charge in [0.1, 0.15) is 0 Å². The van der Waals surface area contributed by atoms with Crippen molar-refractivity contribution in [2.45, 2.75) is 51.5 Å². The van der Waals surface area contributed by atoms with Gasteiger partial charge < -0.3 is 5.32 Å². The van der Waals surface area contributed by atoms with E-state index in [1.54, 1.807) is 11.3 Å². The second kappa shape index (κ2) is 5.02. The summed E-state index contributed by atoms with van der Waals surface area (Å²) in [5.74, 6) is 0. The molecule has 0 amide bonds. The summed E-state index contributed by atoms with van der Waals surface area (Å²) in [5.41, 5.74) is 2.83. The lowest BCUT2D eigenvalue weighted by molar-refractivity contribution is 0.145. The molecule has 0 spiro atoms. The van der Waals surface area contributed by atoms with Crippen LogP contribution in [0.15, 0.2) is 5.38 Å². The van der Waals surface area contributed by atoms with Crippen molar-refractivity contribution < 1.29 is 8.78 Å². The number of rotatable bonds is 4. The van der Waals surface area contributed by atoms with Gasteiger partial charge in [0.05, 0.1) is 6.54 Å². The van der Waals surface area contributed by atoms with E-state index in [4.69, 9.17) is 0 Å². The zero-order valence-electron chi connectivity index (χ0n) is 10.4. The third kappa shape index (κ3) is 2.86. The lowest BCUT2D eigenvalue weighted by Gasteiger charge is -2.31. The number of thiophene rings is 1. The highest BCUT2D eigenvalue weighted by Crippen LogP contribution is 2.41. The minimum Gasteiger partial charge on any atom is -0.307 e. The van der Waals surface area contributed by atoms with E-state index >= 15 is 0 Å². The molecule has 2 rings (SSSR count). The van der Waals surface area contributed by atoms with Crippen LogP contribution in [0, 0.1) is 0 Å². The summed E-state index contributed by atoms with van der Waals surface area (Å²) in [4.78, 5) is 1.45. The highest BCUT2D eigenvalue weighted by Gasteiger charge is 2.30. The van der Waals surface area contributed by atoms with Crippen LogP contribution in [0.5, 0.6) is 0 Å². The normalized spacial score (nSPS) is 18.4. The number of aryl methyl sites for hydroxylation is 1. The molecule has 1 nitrogen and oxygen atoms in total. The number of nitrogens with one attached hydrogen (secondary N) is 1. The molecule has 0 saturated heterocycles. The molecule has 0 fully saturated rings. The Bertz CT molecular complexity index is 385. The molecule has 0 unspecified atom stereocenters. The predicted molar refractivity (Wildman–Crippen MR) is 68.0 cm³/mol. The van der Waals surface area contributed by atoms with Crippen LogP contribution in [0.4, 0.5) is 8.78 Å². The van der Waals surface area contributed by atoms with Gasteiger partial charge in [-0.1, -0.05) is 13.8 Å². The molecule has 1 aromatic heterocycles. The first-order valence-electron chi connectivity index (χ1n) is 6.09. The van der Waals surface area contributed by atoms with E-state index in [0.29, 0.717) is 6.54 Å². The molecule has 0 saturated carbocycles. The minimum atomic E-state index is -2.27. The number of halogens is 2. The maximum absolute atomic E-state index is 12.1. The molecule has 1 aliphatic carbocycles. The van der Waals surface area contributed by atoms with E-state index in [1.165, 1.54) is 28.8 Å². The molecule has 0 aliphatic heterocycles. The van der Waals surface area contributed by atoms with Crippen LogP contribution >= 0.6 is 11.3 Å². The molecule has 0 aromatic carbocycles. The fraction of sp³-hybridized carbons (Fsp3) is 0.692. The monoisotopic (exact) mass is 259 g/mol.